The number of fused-ring (bicyclic) bond motifs is 1. The van der Waals surface area contributed by atoms with Crippen molar-refractivity contribution in [2.75, 3.05) is 13.1 Å². The van der Waals surface area contributed by atoms with Gasteiger partial charge >= 0.3 is 0 Å². The highest BCUT2D eigenvalue weighted by molar-refractivity contribution is 7.89. The van der Waals surface area contributed by atoms with Crippen molar-refractivity contribution in [3.05, 3.63) is 57.9 Å². The van der Waals surface area contributed by atoms with Gasteiger partial charge in [-0.25, -0.2) is 8.42 Å². The van der Waals surface area contributed by atoms with Crippen molar-refractivity contribution in [3.8, 4) is 12.3 Å². The van der Waals surface area contributed by atoms with Gasteiger partial charge in [-0.1, -0.05) is 24.2 Å². The molecule has 0 radical (unpaired) electrons. The van der Waals surface area contributed by atoms with Crippen LogP contribution in [0.5, 0.6) is 0 Å². The van der Waals surface area contributed by atoms with E-state index in [-0.39, 0.29) is 4.90 Å². The Labute approximate surface area is 198 Å². The highest BCUT2D eigenvalue weighted by Gasteiger charge is 2.28. The maximum absolute atomic E-state index is 13.0. The predicted molar refractivity (Wildman–Crippen MR) is 132 cm³/mol. The van der Waals surface area contributed by atoms with Crippen molar-refractivity contribution in [1.82, 2.24) is 8.87 Å². The Hall–Kier alpha value is -2.73. The number of hydrogen-bond acceptors (Lipinski definition) is 4. The normalized spacial score (nSPS) is 17.9. The van der Waals surface area contributed by atoms with Crippen LogP contribution in [0, 0.1) is 32.1 Å². The van der Waals surface area contributed by atoms with Crippen molar-refractivity contribution in [2.45, 2.75) is 45.1 Å². The number of nitrogens with zero attached hydrogens (tertiary/aromatic N) is 3. The third-order valence-electron chi connectivity index (χ3n) is 6.10. The lowest BCUT2D eigenvalue weighted by atomic mass is 10.0. The van der Waals surface area contributed by atoms with E-state index in [9.17, 15) is 13.2 Å². The average molecular weight is 482 g/mol. The Bertz CT molecular complexity index is 1420. The number of piperidine rings is 1. The first-order chi connectivity index (χ1) is 15.7. The van der Waals surface area contributed by atoms with E-state index in [0.29, 0.717) is 35.9 Å². The molecule has 1 amide bonds. The van der Waals surface area contributed by atoms with E-state index in [4.69, 9.17) is 6.42 Å². The van der Waals surface area contributed by atoms with Gasteiger partial charge in [-0.05, 0) is 80.1 Å². The van der Waals surface area contributed by atoms with Crippen LogP contribution >= 0.6 is 11.3 Å². The number of aryl methyl sites for hydroxylation is 2. The Morgan fingerprint density at radius 2 is 1.91 bits per heavy atom. The van der Waals surface area contributed by atoms with Gasteiger partial charge in [-0.15, -0.1) is 6.42 Å². The molecule has 1 unspecified atom stereocenters. The molecule has 1 aliphatic rings. The maximum Gasteiger partial charge on any atom is 0.279 e. The number of carbonyl (C=O) groups is 1. The summed E-state index contributed by atoms with van der Waals surface area (Å²) in [5, 5.41) is 0. The third-order valence-corrected chi connectivity index (χ3v) is 9.02. The SMILES string of the molecule is C#CCn1c(=NC(=O)c2ccc(S(=O)(=O)N3CCCC(C)C3)cc2)sc2cc(C)c(C)cc21. The third kappa shape index (κ3) is 4.67. The molecule has 4 rings (SSSR count). The molecule has 0 saturated carbocycles. The molecule has 1 saturated heterocycles. The van der Waals surface area contributed by atoms with Gasteiger partial charge in [0.05, 0.1) is 21.7 Å². The fourth-order valence-corrected chi connectivity index (χ4v) is 6.79. The van der Waals surface area contributed by atoms with Crippen LogP contribution in [0.25, 0.3) is 10.2 Å². The lowest BCUT2D eigenvalue weighted by Crippen LogP contribution is -2.39. The number of terminal acetylenes is 1. The molecule has 1 aliphatic heterocycles. The summed E-state index contributed by atoms with van der Waals surface area (Å²) in [6, 6.07) is 10.2. The lowest BCUT2D eigenvalue weighted by molar-refractivity contribution is 0.0998. The zero-order valence-electron chi connectivity index (χ0n) is 19.0. The molecule has 0 aliphatic carbocycles. The smallest absolute Gasteiger partial charge is 0.279 e. The van der Waals surface area contributed by atoms with Crippen molar-refractivity contribution in [3.63, 3.8) is 0 Å². The van der Waals surface area contributed by atoms with Crippen molar-refractivity contribution < 1.29 is 13.2 Å². The van der Waals surface area contributed by atoms with Crippen LogP contribution in [0.15, 0.2) is 46.3 Å². The van der Waals surface area contributed by atoms with Gasteiger partial charge in [0.1, 0.15) is 0 Å². The molecule has 0 bridgehead atoms. The first kappa shape index (κ1) is 23.4. The molecule has 3 aromatic rings. The van der Waals surface area contributed by atoms with E-state index in [2.05, 4.69) is 30.0 Å². The summed E-state index contributed by atoms with van der Waals surface area (Å²) >= 11 is 1.41. The molecule has 8 heteroatoms. The number of carbonyl (C=O) groups excluding carboxylic acids is 1. The van der Waals surface area contributed by atoms with Gasteiger partial charge in [0.15, 0.2) is 4.80 Å². The van der Waals surface area contributed by atoms with Crippen LogP contribution in [-0.2, 0) is 16.6 Å². The predicted octanol–water partition coefficient (Wildman–Crippen LogP) is 4.11. The summed E-state index contributed by atoms with van der Waals surface area (Å²) in [7, 11) is -3.57. The van der Waals surface area contributed by atoms with Gasteiger partial charge in [-0.2, -0.15) is 9.30 Å². The molecule has 2 heterocycles. The minimum Gasteiger partial charge on any atom is -0.305 e. The molecule has 0 spiro atoms. The van der Waals surface area contributed by atoms with Crippen molar-refractivity contribution in [2.24, 2.45) is 10.9 Å². The standard InChI is InChI=1S/C25H27N3O3S2/c1-5-12-28-22-14-18(3)19(4)15-23(22)32-25(28)26-24(29)20-8-10-21(11-9-20)33(30,31)27-13-6-7-17(2)16-27/h1,8-11,14-15,17H,6-7,12-13,16H2,2-4H3. The molecule has 6 nitrogen and oxygen atoms in total. The number of hydrogen-bond donors (Lipinski definition) is 0. The quantitative estimate of drug-likeness (QED) is 0.527. The van der Waals surface area contributed by atoms with Gasteiger partial charge in [0.25, 0.3) is 5.91 Å². The minimum absolute atomic E-state index is 0.198. The van der Waals surface area contributed by atoms with Crippen LogP contribution in [0.3, 0.4) is 0 Å². The van der Waals surface area contributed by atoms with Crippen LogP contribution in [0.1, 0.15) is 41.3 Å². The molecule has 0 N–H and O–H groups in total. The first-order valence-corrected chi connectivity index (χ1v) is 13.2. The van der Waals surface area contributed by atoms with Crippen molar-refractivity contribution >= 4 is 37.5 Å². The van der Waals surface area contributed by atoms with Crippen LogP contribution in [-0.4, -0.2) is 36.3 Å². The molecule has 1 aromatic heterocycles. The topological polar surface area (TPSA) is 71.7 Å². The molecule has 1 fully saturated rings. The maximum atomic E-state index is 13.0. The van der Waals surface area contributed by atoms with Crippen LogP contribution in [0.2, 0.25) is 0 Å². The van der Waals surface area contributed by atoms with Crippen LogP contribution in [0.4, 0.5) is 0 Å². The second-order valence-corrected chi connectivity index (χ2v) is 11.6. The van der Waals surface area contributed by atoms with Gasteiger partial charge < -0.3 is 4.57 Å². The zero-order chi connectivity index (χ0) is 23.8. The highest BCUT2D eigenvalue weighted by Crippen LogP contribution is 2.24. The summed E-state index contributed by atoms with van der Waals surface area (Å²) in [4.78, 5) is 17.9. The fraction of sp³-hybridized carbons (Fsp3) is 0.360. The molecule has 1 atom stereocenters. The van der Waals surface area contributed by atoms with Gasteiger partial charge in [0, 0.05) is 18.7 Å². The number of thiazole rings is 1. The Morgan fingerprint density at radius 1 is 1.21 bits per heavy atom. The molecule has 2 aromatic carbocycles. The Morgan fingerprint density at radius 3 is 2.58 bits per heavy atom. The van der Waals surface area contributed by atoms with E-state index in [0.717, 1.165) is 34.2 Å². The number of benzene rings is 2. The van der Waals surface area contributed by atoms with E-state index in [1.165, 1.54) is 39.9 Å². The summed E-state index contributed by atoms with van der Waals surface area (Å²) in [5.41, 5.74) is 3.58. The summed E-state index contributed by atoms with van der Waals surface area (Å²) < 4.78 is 30.4. The number of amides is 1. The number of sulfonamides is 1. The summed E-state index contributed by atoms with van der Waals surface area (Å²) in [5.74, 6) is 2.55. The van der Waals surface area contributed by atoms with Gasteiger partial charge in [0.2, 0.25) is 10.0 Å². The van der Waals surface area contributed by atoms with E-state index < -0.39 is 15.9 Å². The number of rotatable bonds is 4. The summed E-state index contributed by atoms with van der Waals surface area (Å²) in [6.45, 7) is 7.51. The molecular formula is C25H27N3O3S2. The highest BCUT2D eigenvalue weighted by atomic mass is 32.2. The van der Waals surface area contributed by atoms with Crippen molar-refractivity contribution in [1.29, 1.82) is 0 Å². The fourth-order valence-electron chi connectivity index (χ4n) is 4.09. The van der Waals surface area contributed by atoms with E-state index >= 15 is 0 Å². The van der Waals surface area contributed by atoms with E-state index in [1.54, 1.807) is 0 Å². The van der Waals surface area contributed by atoms with E-state index in [1.807, 2.05) is 18.4 Å². The second kappa shape index (κ2) is 9.26. The lowest BCUT2D eigenvalue weighted by Gasteiger charge is -2.30. The first-order valence-electron chi connectivity index (χ1n) is 10.9. The second-order valence-electron chi connectivity index (χ2n) is 8.63. The summed E-state index contributed by atoms with van der Waals surface area (Å²) in [6.07, 6.45) is 7.47. The average Bonchev–Trinajstić information content (AvgIpc) is 3.10. The monoisotopic (exact) mass is 481 g/mol. The molecule has 172 valence electrons. The number of aromatic nitrogens is 1. The molecular weight excluding hydrogens is 454 g/mol. The van der Waals surface area contributed by atoms with Crippen LogP contribution < -0.4 is 4.80 Å². The van der Waals surface area contributed by atoms with Gasteiger partial charge in [-0.3, -0.25) is 4.79 Å². The Kier molecular flexibility index (Phi) is 6.57. The molecule has 33 heavy (non-hydrogen) atoms. The largest absolute Gasteiger partial charge is 0.305 e. The minimum atomic E-state index is -3.57. The zero-order valence-corrected chi connectivity index (χ0v) is 20.7. The Balaban J connectivity index is 1.66.